The van der Waals surface area contributed by atoms with Crippen molar-refractivity contribution >= 4 is 39.5 Å². The summed E-state index contributed by atoms with van der Waals surface area (Å²) in [6.45, 7) is 9.62. The Hall–Kier alpha value is -1.94. The van der Waals surface area contributed by atoms with E-state index in [0.29, 0.717) is 25.7 Å². The maximum Gasteiger partial charge on any atom is 0.472 e. The van der Waals surface area contributed by atoms with Crippen molar-refractivity contribution < 1.29 is 80.2 Å². The van der Waals surface area contributed by atoms with Crippen molar-refractivity contribution in [2.75, 3.05) is 39.6 Å². The number of phosphoric acid groups is 2. The van der Waals surface area contributed by atoms with E-state index in [2.05, 4.69) is 41.5 Å². The Morgan fingerprint density at radius 1 is 0.281 bits per heavy atom. The van der Waals surface area contributed by atoms with E-state index in [1.54, 1.807) is 0 Å². The largest absolute Gasteiger partial charge is 0.472 e. The van der Waals surface area contributed by atoms with Gasteiger partial charge < -0.3 is 33.8 Å². The third-order valence-electron chi connectivity index (χ3n) is 18.0. The second-order valence-electron chi connectivity index (χ2n) is 28.7. The summed E-state index contributed by atoms with van der Waals surface area (Å²) in [6.07, 6.45) is 56.8. The second-order valence-corrected chi connectivity index (χ2v) is 31.6. The summed E-state index contributed by atoms with van der Waals surface area (Å²) in [5.41, 5.74) is 0. The van der Waals surface area contributed by atoms with Gasteiger partial charge in [-0.05, 0) is 37.5 Å². The Morgan fingerprint density at radius 3 is 0.708 bits per heavy atom. The summed E-state index contributed by atoms with van der Waals surface area (Å²) in [4.78, 5) is 72.8. The van der Waals surface area contributed by atoms with Crippen LogP contribution in [0.1, 0.15) is 401 Å². The summed E-state index contributed by atoms with van der Waals surface area (Å²) >= 11 is 0. The van der Waals surface area contributed by atoms with Crippen LogP contribution in [0.15, 0.2) is 0 Å². The van der Waals surface area contributed by atoms with Crippen LogP contribution in [-0.2, 0) is 65.4 Å². The predicted octanol–water partition coefficient (Wildman–Crippen LogP) is 22.7. The zero-order valence-electron chi connectivity index (χ0n) is 62.7. The van der Waals surface area contributed by atoms with Crippen LogP contribution in [0.5, 0.6) is 0 Å². The Bertz CT molecular complexity index is 1860. The van der Waals surface area contributed by atoms with E-state index < -0.39 is 97.5 Å². The molecular formula is C77H150O17P2. The lowest BCUT2D eigenvalue weighted by molar-refractivity contribution is -0.161. The SMILES string of the molecule is CCCCCCCCCCCCCCCCCCCC(=O)O[C@H](COC(=O)CCCCCCCCCCCCCCC(C)C)COP(=O)(O)OC[C@@H](O)COP(=O)(O)OC[C@@H](COC(=O)CCCCCCCCCCC)OC(=O)CCCCCCCCCCCCCCC(C)C. The first kappa shape index (κ1) is 94.1. The quantitative estimate of drug-likeness (QED) is 0.0222. The highest BCUT2D eigenvalue weighted by molar-refractivity contribution is 7.47. The highest BCUT2D eigenvalue weighted by Gasteiger charge is 2.30. The molecule has 0 aliphatic carbocycles. The van der Waals surface area contributed by atoms with Gasteiger partial charge in [-0.2, -0.15) is 0 Å². The number of carbonyl (C=O) groups is 4. The van der Waals surface area contributed by atoms with E-state index in [-0.39, 0.29) is 25.7 Å². The Balaban J connectivity index is 5.23. The van der Waals surface area contributed by atoms with Crippen LogP contribution in [0.4, 0.5) is 0 Å². The lowest BCUT2D eigenvalue weighted by Gasteiger charge is -2.21. The molecule has 0 heterocycles. The van der Waals surface area contributed by atoms with E-state index in [9.17, 15) is 43.2 Å². The van der Waals surface area contributed by atoms with Gasteiger partial charge in [-0.25, -0.2) is 9.13 Å². The Labute approximate surface area is 588 Å². The molecule has 96 heavy (non-hydrogen) atoms. The van der Waals surface area contributed by atoms with Crippen molar-refractivity contribution in [3.8, 4) is 0 Å². The van der Waals surface area contributed by atoms with Crippen molar-refractivity contribution in [1.82, 2.24) is 0 Å². The molecule has 0 aliphatic rings. The van der Waals surface area contributed by atoms with Gasteiger partial charge in [0.05, 0.1) is 26.4 Å². The molecule has 0 fully saturated rings. The number of ether oxygens (including phenoxy) is 4. The zero-order valence-corrected chi connectivity index (χ0v) is 64.5. The fourth-order valence-corrected chi connectivity index (χ4v) is 13.4. The number of aliphatic hydroxyl groups is 1. The van der Waals surface area contributed by atoms with Crippen LogP contribution < -0.4 is 0 Å². The van der Waals surface area contributed by atoms with Crippen LogP contribution >= 0.6 is 15.6 Å². The van der Waals surface area contributed by atoms with Gasteiger partial charge in [0.1, 0.15) is 19.3 Å². The lowest BCUT2D eigenvalue weighted by Crippen LogP contribution is -2.30. The fourth-order valence-electron chi connectivity index (χ4n) is 11.8. The average molecular weight is 1410 g/mol. The smallest absolute Gasteiger partial charge is 0.462 e. The molecule has 5 atom stereocenters. The van der Waals surface area contributed by atoms with Crippen LogP contribution in [0.2, 0.25) is 0 Å². The van der Waals surface area contributed by atoms with Gasteiger partial charge in [0.15, 0.2) is 12.2 Å². The summed E-state index contributed by atoms with van der Waals surface area (Å²) in [7, 11) is -9.91. The maximum absolute atomic E-state index is 13.1. The van der Waals surface area contributed by atoms with E-state index >= 15 is 0 Å². The Kier molecular flexibility index (Phi) is 67.4. The minimum Gasteiger partial charge on any atom is -0.462 e. The Morgan fingerprint density at radius 2 is 0.479 bits per heavy atom. The third-order valence-corrected chi connectivity index (χ3v) is 19.9. The van der Waals surface area contributed by atoms with Crippen molar-refractivity contribution in [2.45, 2.75) is 419 Å². The lowest BCUT2D eigenvalue weighted by atomic mass is 10.0. The number of aliphatic hydroxyl groups excluding tert-OH is 1. The van der Waals surface area contributed by atoms with Crippen molar-refractivity contribution in [2.24, 2.45) is 11.8 Å². The van der Waals surface area contributed by atoms with Crippen molar-refractivity contribution in [3.05, 3.63) is 0 Å². The number of hydrogen-bond acceptors (Lipinski definition) is 15. The molecule has 0 aromatic heterocycles. The molecule has 0 amide bonds. The first-order valence-electron chi connectivity index (χ1n) is 40.0. The van der Waals surface area contributed by atoms with Gasteiger partial charge in [-0.3, -0.25) is 37.3 Å². The number of carbonyl (C=O) groups excluding carboxylic acids is 4. The van der Waals surface area contributed by atoms with Crippen molar-refractivity contribution in [1.29, 1.82) is 0 Å². The van der Waals surface area contributed by atoms with Gasteiger partial charge in [0.25, 0.3) is 0 Å². The van der Waals surface area contributed by atoms with Gasteiger partial charge in [0.2, 0.25) is 0 Å². The number of rotatable bonds is 76. The number of phosphoric ester groups is 2. The van der Waals surface area contributed by atoms with Crippen LogP contribution in [0, 0.1) is 11.8 Å². The molecule has 0 aromatic rings. The molecule has 0 saturated carbocycles. The van der Waals surface area contributed by atoms with Crippen molar-refractivity contribution in [3.63, 3.8) is 0 Å². The molecule has 0 saturated heterocycles. The molecule has 0 bridgehead atoms. The molecule has 0 aromatic carbocycles. The monoisotopic (exact) mass is 1410 g/mol. The summed E-state index contributed by atoms with van der Waals surface area (Å²) in [5, 5.41) is 10.6. The summed E-state index contributed by atoms with van der Waals surface area (Å²) in [6, 6.07) is 0. The highest BCUT2D eigenvalue weighted by Crippen LogP contribution is 2.45. The zero-order chi connectivity index (χ0) is 70.7. The first-order valence-corrected chi connectivity index (χ1v) is 43.0. The van der Waals surface area contributed by atoms with Gasteiger partial charge in [0, 0.05) is 25.7 Å². The predicted molar refractivity (Wildman–Crippen MR) is 391 cm³/mol. The topological polar surface area (TPSA) is 237 Å². The van der Waals surface area contributed by atoms with Gasteiger partial charge in [-0.1, -0.05) is 350 Å². The molecule has 0 spiro atoms. The van der Waals surface area contributed by atoms with Gasteiger partial charge >= 0.3 is 39.5 Å². The second kappa shape index (κ2) is 68.8. The molecule has 19 heteroatoms. The number of unbranched alkanes of at least 4 members (excludes halogenated alkanes) is 46. The standard InChI is InChI=1S/C77H150O17P2/c1-7-9-11-13-15-17-18-19-20-21-22-23-31-37-43-49-55-61-76(81)94-73(66-88-75(80)60-54-48-42-36-30-26-24-28-34-39-45-51-57-69(3)4)68-92-96(85,86)90-64-71(78)63-89-95(83,84)91-67-72(65-87-74(79)59-53-47-41-33-16-14-12-10-8-2)93-77(82)62-56-50-44-38-32-27-25-29-35-40-46-52-58-70(5)6/h69-73,78H,7-68H2,1-6H3,(H,83,84)(H,85,86)/t71-,72+,73+/m0/s1. The number of hydrogen-bond donors (Lipinski definition) is 3. The molecule has 2 unspecified atom stereocenters. The minimum atomic E-state index is -4.96. The van der Waals surface area contributed by atoms with E-state index in [1.165, 1.54) is 218 Å². The van der Waals surface area contributed by atoms with E-state index in [4.69, 9.17) is 37.0 Å². The summed E-state index contributed by atoms with van der Waals surface area (Å²) in [5.74, 6) is -0.555. The minimum absolute atomic E-state index is 0.107. The molecule has 0 rings (SSSR count). The molecule has 0 aliphatic heterocycles. The fraction of sp³-hybridized carbons (Fsp3) is 0.948. The summed E-state index contributed by atoms with van der Waals surface area (Å²) < 4.78 is 68.6. The van der Waals surface area contributed by atoms with Crippen LogP contribution in [0.3, 0.4) is 0 Å². The molecular weight excluding hydrogens is 1260 g/mol. The molecule has 3 N–H and O–H groups in total. The molecule has 570 valence electrons. The van der Waals surface area contributed by atoms with Crippen LogP contribution in [-0.4, -0.2) is 96.7 Å². The van der Waals surface area contributed by atoms with Crippen LogP contribution in [0.25, 0.3) is 0 Å². The highest BCUT2D eigenvalue weighted by atomic mass is 31.2. The maximum atomic E-state index is 13.1. The normalized spacial score (nSPS) is 14.0. The first-order chi connectivity index (χ1) is 46.4. The number of esters is 4. The third kappa shape index (κ3) is 70.5. The van der Waals surface area contributed by atoms with E-state index in [1.807, 2.05) is 0 Å². The molecule has 17 nitrogen and oxygen atoms in total. The van der Waals surface area contributed by atoms with E-state index in [0.717, 1.165) is 102 Å². The van der Waals surface area contributed by atoms with Gasteiger partial charge in [-0.15, -0.1) is 0 Å². The average Bonchev–Trinajstić information content (AvgIpc) is 1.13. The molecule has 0 radical (unpaired) electrons.